The lowest BCUT2D eigenvalue weighted by atomic mass is 9.83. The Kier molecular flexibility index (Phi) is 3.87. The summed E-state index contributed by atoms with van der Waals surface area (Å²) in [6.45, 7) is 0. The van der Waals surface area contributed by atoms with Gasteiger partial charge in [0.2, 0.25) is 5.82 Å². The summed E-state index contributed by atoms with van der Waals surface area (Å²) < 4.78 is 65.8. The zero-order chi connectivity index (χ0) is 14.2. The van der Waals surface area contributed by atoms with Crippen LogP contribution in [0.3, 0.4) is 0 Å². The maximum atomic E-state index is 13.5. The van der Waals surface area contributed by atoms with E-state index < -0.39 is 47.0 Å². The van der Waals surface area contributed by atoms with Crippen LogP contribution in [0.2, 0.25) is 0 Å². The molecule has 1 aromatic carbocycles. The van der Waals surface area contributed by atoms with Gasteiger partial charge in [0.05, 0.1) is 0 Å². The van der Waals surface area contributed by atoms with Crippen LogP contribution in [0.25, 0.3) is 0 Å². The van der Waals surface area contributed by atoms with Crippen molar-refractivity contribution in [1.29, 1.82) is 0 Å². The second-order valence-corrected chi connectivity index (χ2v) is 4.66. The van der Waals surface area contributed by atoms with Gasteiger partial charge in [0, 0.05) is 17.9 Å². The maximum Gasteiger partial charge on any atom is 0.200 e. The van der Waals surface area contributed by atoms with Crippen molar-refractivity contribution in [2.75, 3.05) is 0 Å². The second-order valence-electron chi connectivity index (χ2n) is 4.66. The molecule has 1 aromatic rings. The third-order valence-corrected chi connectivity index (χ3v) is 3.43. The lowest BCUT2D eigenvalue weighted by molar-refractivity contribution is -0.124. The number of benzene rings is 1. The van der Waals surface area contributed by atoms with Crippen LogP contribution >= 0.6 is 0 Å². The van der Waals surface area contributed by atoms with Gasteiger partial charge >= 0.3 is 0 Å². The standard InChI is InChI=1S/C13H11F5O/c14-9-7(5-6-3-1-2-4-8(6)19)10(15)12(17)13(18)11(9)16/h6H,1-5H2. The summed E-state index contributed by atoms with van der Waals surface area (Å²) >= 11 is 0. The Morgan fingerprint density at radius 1 is 0.842 bits per heavy atom. The molecule has 1 atom stereocenters. The van der Waals surface area contributed by atoms with Crippen molar-refractivity contribution in [3.8, 4) is 0 Å². The third kappa shape index (κ3) is 2.48. The minimum absolute atomic E-state index is 0.185. The van der Waals surface area contributed by atoms with Crippen LogP contribution < -0.4 is 0 Å². The molecule has 0 saturated heterocycles. The molecule has 1 unspecified atom stereocenters. The molecular formula is C13H11F5O. The van der Waals surface area contributed by atoms with E-state index in [1.54, 1.807) is 0 Å². The molecule has 19 heavy (non-hydrogen) atoms. The largest absolute Gasteiger partial charge is 0.299 e. The van der Waals surface area contributed by atoms with E-state index in [0.29, 0.717) is 25.7 Å². The molecule has 1 saturated carbocycles. The summed E-state index contributed by atoms with van der Waals surface area (Å²) in [4.78, 5) is 11.6. The summed E-state index contributed by atoms with van der Waals surface area (Å²) in [6, 6.07) is 0. The lowest BCUT2D eigenvalue weighted by Crippen LogP contribution is -2.23. The first-order valence-electron chi connectivity index (χ1n) is 5.96. The van der Waals surface area contributed by atoms with Crippen LogP contribution in [0, 0.1) is 35.0 Å². The highest BCUT2D eigenvalue weighted by Crippen LogP contribution is 2.29. The zero-order valence-corrected chi connectivity index (χ0v) is 9.91. The molecule has 1 aliphatic carbocycles. The Balaban J connectivity index is 2.37. The van der Waals surface area contributed by atoms with Crippen molar-refractivity contribution in [2.45, 2.75) is 32.1 Å². The molecule has 104 valence electrons. The Morgan fingerprint density at radius 3 is 1.89 bits per heavy atom. The van der Waals surface area contributed by atoms with Crippen molar-refractivity contribution < 1.29 is 26.7 Å². The van der Waals surface area contributed by atoms with E-state index in [2.05, 4.69) is 0 Å². The molecule has 0 aliphatic heterocycles. The molecule has 0 N–H and O–H groups in total. The summed E-state index contributed by atoms with van der Waals surface area (Å²) in [7, 11) is 0. The van der Waals surface area contributed by atoms with Crippen LogP contribution in [0.4, 0.5) is 22.0 Å². The van der Waals surface area contributed by atoms with Gasteiger partial charge in [-0.3, -0.25) is 4.79 Å². The molecule has 0 spiro atoms. The average molecular weight is 278 g/mol. The molecule has 2 rings (SSSR count). The van der Waals surface area contributed by atoms with Crippen LogP contribution in [0.15, 0.2) is 0 Å². The number of rotatable bonds is 2. The van der Waals surface area contributed by atoms with E-state index in [0.717, 1.165) is 0 Å². The van der Waals surface area contributed by atoms with Gasteiger partial charge in [-0.2, -0.15) is 0 Å². The smallest absolute Gasteiger partial charge is 0.200 e. The van der Waals surface area contributed by atoms with E-state index in [1.807, 2.05) is 0 Å². The van der Waals surface area contributed by atoms with Crippen LogP contribution in [0.5, 0.6) is 0 Å². The molecule has 0 bridgehead atoms. The van der Waals surface area contributed by atoms with Crippen molar-refractivity contribution in [3.05, 3.63) is 34.6 Å². The fraction of sp³-hybridized carbons (Fsp3) is 0.462. The number of carbonyl (C=O) groups is 1. The van der Waals surface area contributed by atoms with E-state index in [4.69, 9.17) is 0 Å². The fourth-order valence-electron chi connectivity index (χ4n) is 2.35. The Morgan fingerprint density at radius 2 is 1.37 bits per heavy atom. The van der Waals surface area contributed by atoms with Crippen molar-refractivity contribution in [1.82, 2.24) is 0 Å². The number of Topliss-reactive ketones (excluding diaryl/α,β-unsaturated/α-hetero) is 1. The first kappa shape index (κ1) is 14.0. The highest BCUT2D eigenvalue weighted by Gasteiger charge is 2.30. The third-order valence-electron chi connectivity index (χ3n) is 3.43. The van der Waals surface area contributed by atoms with Crippen molar-refractivity contribution in [2.24, 2.45) is 5.92 Å². The summed E-state index contributed by atoms with van der Waals surface area (Å²) in [5, 5.41) is 0. The Hall–Kier alpha value is -1.46. The average Bonchev–Trinajstić information content (AvgIpc) is 2.41. The highest BCUT2D eigenvalue weighted by molar-refractivity contribution is 5.81. The van der Waals surface area contributed by atoms with Gasteiger partial charge in [0.25, 0.3) is 0 Å². The minimum Gasteiger partial charge on any atom is -0.299 e. The SMILES string of the molecule is O=C1CCCCC1Cc1c(F)c(F)c(F)c(F)c1F. The highest BCUT2D eigenvalue weighted by atomic mass is 19.2. The quantitative estimate of drug-likeness (QED) is 0.458. The molecule has 0 amide bonds. The van der Waals surface area contributed by atoms with Gasteiger partial charge in [-0.15, -0.1) is 0 Å². The molecule has 1 fully saturated rings. The second kappa shape index (κ2) is 5.27. The number of carbonyl (C=O) groups excluding carboxylic acids is 1. The maximum absolute atomic E-state index is 13.5. The topological polar surface area (TPSA) is 17.1 Å². The van der Waals surface area contributed by atoms with Gasteiger partial charge in [0.1, 0.15) is 5.78 Å². The van der Waals surface area contributed by atoms with E-state index in [1.165, 1.54) is 0 Å². The van der Waals surface area contributed by atoms with Crippen LogP contribution in [0.1, 0.15) is 31.2 Å². The molecule has 1 nitrogen and oxygen atoms in total. The summed E-state index contributed by atoms with van der Waals surface area (Å²) in [5.41, 5.74) is -0.892. The van der Waals surface area contributed by atoms with Gasteiger partial charge in [-0.1, -0.05) is 6.42 Å². The number of hydrogen-bond donors (Lipinski definition) is 0. The molecule has 0 heterocycles. The van der Waals surface area contributed by atoms with Crippen molar-refractivity contribution >= 4 is 5.78 Å². The van der Waals surface area contributed by atoms with Crippen LogP contribution in [-0.2, 0) is 11.2 Å². The van der Waals surface area contributed by atoms with Crippen molar-refractivity contribution in [3.63, 3.8) is 0 Å². The normalized spacial score (nSPS) is 19.8. The molecule has 1 aliphatic rings. The van der Waals surface area contributed by atoms with E-state index in [-0.39, 0.29) is 5.78 Å². The zero-order valence-electron chi connectivity index (χ0n) is 9.91. The predicted octanol–water partition coefficient (Wildman–Crippen LogP) is 3.68. The Bertz CT molecular complexity index is 497. The summed E-state index contributed by atoms with van der Waals surface area (Å²) in [5.74, 6) is -10.6. The first-order chi connectivity index (χ1) is 8.93. The number of hydrogen-bond acceptors (Lipinski definition) is 1. The Labute approximate surface area is 106 Å². The van der Waals surface area contributed by atoms with Gasteiger partial charge < -0.3 is 0 Å². The van der Waals surface area contributed by atoms with Gasteiger partial charge in [-0.25, -0.2) is 22.0 Å². The first-order valence-corrected chi connectivity index (χ1v) is 5.96. The monoisotopic (exact) mass is 278 g/mol. The summed E-state index contributed by atoms with van der Waals surface area (Å²) in [6.07, 6.45) is 1.68. The molecule has 6 heteroatoms. The van der Waals surface area contributed by atoms with Gasteiger partial charge in [-0.05, 0) is 19.3 Å². The molecule has 0 radical (unpaired) electrons. The van der Waals surface area contributed by atoms with E-state index in [9.17, 15) is 26.7 Å². The van der Waals surface area contributed by atoms with Crippen LogP contribution in [-0.4, -0.2) is 5.78 Å². The molecule has 0 aromatic heterocycles. The number of ketones is 1. The van der Waals surface area contributed by atoms with Gasteiger partial charge in [0.15, 0.2) is 23.3 Å². The predicted molar refractivity (Wildman–Crippen MR) is 56.9 cm³/mol. The van der Waals surface area contributed by atoms with E-state index >= 15 is 0 Å². The number of halogens is 5. The minimum atomic E-state index is -2.17. The fourth-order valence-corrected chi connectivity index (χ4v) is 2.35. The molecular weight excluding hydrogens is 267 g/mol. The lowest BCUT2D eigenvalue weighted by Gasteiger charge is -2.21.